The van der Waals surface area contributed by atoms with Gasteiger partial charge in [0.05, 0.1) is 28.6 Å². The van der Waals surface area contributed by atoms with Gasteiger partial charge in [-0.15, -0.1) is 0 Å². The van der Waals surface area contributed by atoms with E-state index in [0.717, 1.165) is 43.0 Å². The topological polar surface area (TPSA) is 22.2 Å². The van der Waals surface area contributed by atoms with Gasteiger partial charge in [0.2, 0.25) is 0 Å². The second kappa shape index (κ2) is 13.7. The fourth-order valence-electron chi connectivity index (χ4n) is 10.3. The standard InChI is InChI=1S/C53H49N3/c1-6-17-39-24-25-46-51(39)52-45-31-41(30-42-34(4)49-35(7-2)26-33(3)27-47(49)55(5)56(53(42)45)48(52)32-54-46)50-43(37-20-13-9-14-21-37)28-40(36-18-11-8-12-19-36)29-44(50)38-22-15-10-16-23-38/h8-16,18-22,24-25,27-32,35,38-39H,4,6-7,17,23,26H2,1-3,5H3. The van der Waals surface area contributed by atoms with Gasteiger partial charge in [0.1, 0.15) is 0 Å². The number of allylic oxidation sites excluding steroid dienone is 6. The van der Waals surface area contributed by atoms with Crippen LogP contribution in [0, 0.1) is 0 Å². The van der Waals surface area contributed by atoms with Crippen LogP contribution < -0.4 is 5.22 Å². The lowest BCUT2D eigenvalue weighted by atomic mass is 9.79. The van der Waals surface area contributed by atoms with Gasteiger partial charge in [-0.1, -0.05) is 123 Å². The minimum absolute atomic E-state index is 0.239. The Kier molecular flexibility index (Phi) is 8.44. The van der Waals surface area contributed by atoms with Crippen LogP contribution in [0.2, 0.25) is 0 Å². The van der Waals surface area contributed by atoms with Crippen LogP contribution in [0.25, 0.3) is 79.3 Å². The number of aromatic nitrogens is 3. The lowest BCUT2D eigenvalue weighted by Gasteiger charge is -2.24. The summed E-state index contributed by atoms with van der Waals surface area (Å²) in [6, 6.07) is 31.9. The molecule has 56 heavy (non-hydrogen) atoms. The van der Waals surface area contributed by atoms with E-state index in [1.165, 1.54) is 88.5 Å². The Morgan fingerprint density at radius 1 is 0.821 bits per heavy atom. The zero-order valence-corrected chi connectivity index (χ0v) is 33.0. The van der Waals surface area contributed by atoms with E-state index in [0.29, 0.717) is 11.8 Å². The molecule has 3 aliphatic rings. The molecule has 276 valence electrons. The van der Waals surface area contributed by atoms with Crippen molar-refractivity contribution in [2.24, 2.45) is 7.05 Å². The maximum Gasteiger partial charge on any atom is 0.0899 e. The molecule has 0 saturated carbocycles. The van der Waals surface area contributed by atoms with Crippen LogP contribution in [-0.4, -0.2) is 14.2 Å². The summed E-state index contributed by atoms with van der Waals surface area (Å²) >= 11 is 0. The van der Waals surface area contributed by atoms with Gasteiger partial charge < -0.3 is 0 Å². The predicted octanol–water partition coefficient (Wildman–Crippen LogP) is 13.5. The van der Waals surface area contributed by atoms with Crippen molar-refractivity contribution in [2.45, 2.75) is 70.6 Å². The third-order valence-corrected chi connectivity index (χ3v) is 12.9. The monoisotopic (exact) mass is 727 g/mol. The van der Waals surface area contributed by atoms with Crippen LogP contribution in [0.15, 0.2) is 127 Å². The molecule has 3 aromatic heterocycles. The normalized spacial score (nSPS) is 18.6. The molecular weight excluding hydrogens is 679 g/mol. The molecule has 0 saturated heterocycles. The van der Waals surface area contributed by atoms with Gasteiger partial charge in [-0.25, -0.2) is 0 Å². The summed E-state index contributed by atoms with van der Waals surface area (Å²) in [6.45, 7) is 12.0. The summed E-state index contributed by atoms with van der Waals surface area (Å²) in [5.74, 6) is 0.980. The van der Waals surface area contributed by atoms with Crippen LogP contribution in [0.5, 0.6) is 0 Å². The van der Waals surface area contributed by atoms with Gasteiger partial charge in [0.15, 0.2) is 0 Å². The summed E-state index contributed by atoms with van der Waals surface area (Å²) in [6.07, 6.45) is 23.6. The molecule has 0 radical (unpaired) electrons. The smallest absolute Gasteiger partial charge is 0.0899 e. The highest BCUT2D eigenvalue weighted by Crippen LogP contribution is 2.48. The Labute approximate surface area is 330 Å². The molecule has 3 heteroatoms. The third kappa shape index (κ3) is 5.35. The first-order valence-corrected chi connectivity index (χ1v) is 20.6. The Morgan fingerprint density at radius 2 is 1.59 bits per heavy atom. The molecule has 0 aliphatic heterocycles. The zero-order valence-electron chi connectivity index (χ0n) is 33.0. The molecule has 3 heterocycles. The van der Waals surface area contributed by atoms with Gasteiger partial charge in [0.25, 0.3) is 0 Å². The number of pyridine rings is 1. The number of nitrogens with zero attached hydrogens (tertiary/aromatic N) is 3. The molecule has 0 fully saturated rings. The summed E-state index contributed by atoms with van der Waals surface area (Å²) in [5, 5.41) is 4.98. The van der Waals surface area contributed by atoms with Gasteiger partial charge >= 0.3 is 0 Å². The minimum Gasteiger partial charge on any atom is -0.283 e. The first-order valence-electron chi connectivity index (χ1n) is 20.6. The van der Waals surface area contributed by atoms with Crippen LogP contribution in [0.1, 0.15) is 98.7 Å². The second-order valence-corrected chi connectivity index (χ2v) is 16.3. The Balaban J connectivity index is 1.41. The number of benzene rings is 4. The highest BCUT2D eigenvalue weighted by Gasteiger charge is 2.30. The number of rotatable bonds is 7. The maximum absolute atomic E-state index is 5.16. The SMILES string of the molecule is C=c1c2c(n(C)n3c4cnc5c(c4c4cc(-c6c(-c7ccccc7)cc(-c7ccccc7)cc6C6C=CC=CC6)cc1c43)C(CCC)C=C5)C=C(C)CC2CC. The van der Waals surface area contributed by atoms with E-state index >= 15 is 0 Å². The largest absolute Gasteiger partial charge is 0.283 e. The Bertz CT molecular complexity index is 2890. The van der Waals surface area contributed by atoms with Crippen molar-refractivity contribution in [1.82, 2.24) is 14.2 Å². The molecule has 3 nitrogen and oxygen atoms in total. The Hall–Kier alpha value is -5.93. The molecule has 4 aromatic carbocycles. The van der Waals surface area contributed by atoms with Crippen molar-refractivity contribution >= 4 is 45.9 Å². The lowest BCUT2D eigenvalue weighted by molar-refractivity contribution is 0.618. The van der Waals surface area contributed by atoms with Crippen molar-refractivity contribution in [1.29, 1.82) is 0 Å². The van der Waals surface area contributed by atoms with Gasteiger partial charge in [-0.2, -0.15) is 0 Å². The average Bonchev–Trinajstić information content (AvgIpc) is 3.79. The zero-order chi connectivity index (χ0) is 38.1. The van der Waals surface area contributed by atoms with Crippen molar-refractivity contribution in [3.63, 3.8) is 0 Å². The van der Waals surface area contributed by atoms with Crippen molar-refractivity contribution in [3.8, 4) is 33.4 Å². The molecule has 7 aromatic rings. The quantitative estimate of drug-likeness (QED) is 0.160. The molecule has 0 amide bonds. The van der Waals surface area contributed by atoms with E-state index in [1.807, 2.05) is 0 Å². The van der Waals surface area contributed by atoms with E-state index < -0.39 is 0 Å². The van der Waals surface area contributed by atoms with E-state index in [9.17, 15) is 0 Å². The lowest BCUT2D eigenvalue weighted by Crippen LogP contribution is -2.19. The summed E-state index contributed by atoms with van der Waals surface area (Å²) in [5.41, 5.74) is 17.8. The van der Waals surface area contributed by atoms with Crippen molar-refractivity contribution < 1.29 is 0 Å². The average molecular weight is 728 g/mol. The highest BCUT2D eigenvalue weighted by molar-refractivity contribution is 6.17. The van der Waals surface area contributed by atoms with Gasteiger partial charge in [0, 0.05) is 35.0 Å². The highest BCUT2D eigenvalue weighted by atomic mass is 15.3. The van der Waals surface area contributed by atoms with Crippen molar-refractivity contribution in [2.75, 3.05) is 0 Å². The molecule has 3 aliphatic carbocycles. The fraction of sp³-hybridized carbons (Fsp3) is 0.226. The van der Waals surface area contributed by atoms with Gasteiger partial charge in [-0.3, -0.25) is 14.2 Å². The fourth-order valence-corrected chi connectivity index (χ4v) is 10.3. The van der Waals surface area contributed by atoms with E-state index in [1.54, 1.807) is 0 Å². The molecule has 3 atom stereocenters. The molecule has 0 bridgehead atoms. The summed E-state index contributed by atoms with van der Waals surface area (Å²) in [4.78, 5) is 5.16. The van der Waals surface area contributed by atoms with Crippen LogP contribution in [0.4, 0.5) is 0 Å². The number of hydrogen-bond donors (Lipinski definition) is 0. The minimum atomic E-state index is 0.239. The van der Waals surface area contributed by atoms with Crippen LogP contribution in [0.3, 0.4) is 0 Å². The predicted molar refractivity (Wildman–Crippen MR) is 239 cm³/mol. The molecule has 10 rings (SSSR count). The molecule has 0 N–H and O–H groups in total. The first kappa shape index (κ1) is 34.6. The number of hydrogen-bond acceptors (Lipinski definition) is 1. The van der Waals surface area contributed by atoms with Gasteiger partial charge in [-0.05, 0) is 130 Å². The molecular formula is C53H49N3. The second-order valence-electron chi connectivity index (χ2n) is 16.3. The number of fused-ring (bicyclic) bond motifs is 6. The number of aryl methyl sites for hydroxylation is 1. The van der Waals surface area contributed by atoms with E-state index in [2.05, 4.69) is 171 Å². The third-order valence-electron chi connectivity index (χ3n) is 12.9. The van der Waals surface area contributed by atoms with E-state index in [4.69, 9.17) is 11.6 Å². The van der Waals surface area contributed by atoms with Crippen LogP contribution >= 0.6 is 0 Å². The van der Waals surface area contributed by atoms with E-state index in [-0.39, 0.29) is 5.92 Å². The first-order chi connectivity index (χ1) is 27.4. The summed E-state index contributed by atoms with van der Waals surface area (Å²) < 4.78 is 4.88. The summed E-state index contributed by atoms with van der Waals surface area (Å²) in [7, 11) is 2.25. The molecule has 3 unspecified atom stereocenters. The Morgan fingerprint density at radius 3 is 2.32 bits per heavy atom. The maximum atomic E-state index is 5.16. The molecule has 0 spiro atoms. The van der Waals surface area contributed by atoms with Crippen LogP contribution in [-0.2, 0) is 7.05 Å². The van der Waals surface area contributed by atoms with Crippen molar-refractivity contribution in [3.05, 3.63) is 160 Å².